The summed E-state index contributed by atoms with van der Waals surface area (Å²) in [6.07, 6.45) is 1.18. The van der Waals surface area contributed by atoms with E-state index in [0.717, 1.165) is 0 Å². The number of nitrogens with one attached hydrogen (secondary N) is 1. The molecule has 0 aliphatic carbocycles. The highest BCUT2D eigenvalue weighted by atomic mass is 19.3. The summed E-state index contributed by atoms with van der Waals surface area (Å²) in [5.41, 5.74) is -0.407. The van der Waals surface area contributed by atoms with Crippen molar-refractivity contribution >= 4 is 11.8 Å². The number of carbonyl (C=O) groups excluding carboxylic acids is 2. The number of benzene rings is 2. The molecule has 2 amide bonds. The van der Waals surface area contributed by atoms with Crippen LogP contribution in [0.3, 0.4) is 0 Å². The van der Waals surface area contributed by atoms with Gasteiger partial charge in [0.1, 0.15) is 0 Å². The number of rotatable bonds is 3. The van der Waals surface area contributed by atoms with E-state index in [1.54, 1.807) is 29.2 Å². The molecule has 0 saturated carbocycles. The second-order valence-electron chi connectivity index (χ2n) is 7.01. The number of hydrogen-bond acceptors (Lipinski definition) is 2. The third-order valence-corrected chi connectivity index (χ3v) is 5.12. The third-order valence-electron chi connectivity index (χ3n) is 5.12. The zero-order chi connectivity index (χ0) is 18.4. The normalized spacial score (nSPS) is 18.5. The summed E-state index contributed by atoms with van der Waals surface area (Å²) in [4.78, 5) is 25.6. The molecular formula is C20H18F2N2O2. The monoisotopic (exact) mass is 356 g/mol. The molecule has 0 atom stereocenters. The van der Waals surface area contributed by atoms with Gasteiger partial charge in [-0.05, 0) is 18.6 Å². The number of hydrogen-bond donors (Lipinski definition) is 1. The van der Waals surface area contributed by atoms with Gasteiger partial charge in [-0.25, -0.2) is 0 Å². The van der Waals surface area contributed by atoms with E-state index in [4.69, 9.17) is 0 Å². The highest BCUT2D eigenvalue weighted by Crippen LogP contribution is 2.36. The molecule has 0 bridgehead atoms. The molecule has 4 rings (SSSR count). The van der Waals surface area contributed by atoms with Gasteiger partial charge in [-0.15, -0.1) is 0 Å². The minimum absolute atomic E-state index is 0.00148. The Balaban J connectivity index is 1.53. The molecule has 2 fully saturated rings. The molecule has 1 N–H and O–H groups in total. The Morgan fingerprint density at radius 1 is 1.04 bits per heavy atom. The Bertz CT molecular complexity index is 861. The second kappa shape index (κ2) is 5.90. The largest absolute Gasteiger partial charge is 0.347 e. The van der Waals surface area contributed by atoms with Crippen LogP contribution in [0.1, 0.15) is 34.3 Å². The van der Waals surface area contributed by atoms with E-state index in [-0.39, 0.29) is 34.0 Å². The summed E-state index contributed by atoms with van der Waals surface area (Å²) < 4.78 is 29.5. The lowest BCUT2D eigenvalue weighted by molar-refractivity contribution is -0.120. The predicted molar refractivity (Wildman–Crippen MR) is 91.9 cm³/mol. The average molecular weight is 356 g/mol. The Kier molecular flexibility index (Phi) is 3.79. The predicted octanol–water partition coefficient (Wildman–Crippen LogP) is 2.93. The highest BCUT2D eigenvalue weighted by molar-refractivity contribution is 5.95. The molecule has 0 aromatic heterocycles. The van der Waals surface area contributed by atoms with Crippen LogP contribution in [0, 0.1) is 0 Å². The average Bonchev–Trinajstić information content (AvgIpc) is 3.03. The SMILES string of the molecule is O=C1CCC2(CN(C(=O)c3cccc(C(F)(F)c4ccccc4)c3)C2)N1. The van der Waals surface area contributed by atoms with Gasteiger partial charge in [-0.1, -0.05) is 42.5 Å². The molecule has 0 unspecified atom stereocenters. The lowest BCUT2D eigenvalue weighted by atomic mass is 9.87. The minimum Gasteiger partial charge on any atom is -0.347 e. The quantitative estimate of drug-likeness (QED) is 0.919. The van der Waals surface area contributed by atoms with Crippen molar-refractivity contribution in [2.45, 2.75) is 24.3 Å². The van der Waals surface area contributed by atoms with Crippen LogP contribution in [0.2, 0.25) is 0 Å². The van der Waals surface area contributed by atoms with Crippen molar-refractivity contribution in [2.75, 3.05) is 13.1 Å². The van der Waals surface area contributed by atoms with Crippen molar-refractivity contribution < 1.29 is 18.4 Å². The highest BCUT2D eigenvalue weighted by Gasteiger charge is 2.49. The maximum Gasteiger partial charge on any atom is 0.298 e. The number of carbonyl (C=O) groups is 2. The van der Waals surface area contributed by atoms with Crippen LogP contribution in [0.5, 0.6) is 0 Å². The van der Waals surface area contributed by atoms with Crippen LogP contribution in [-0.4, -0.2) is 35.3 Å². The summed E-state index contributed by atoms with van der Waals surface area (Å²) >= 11 is 0. The first-order valence-corrected chi connectivity index (χ1v) is 8.54. The van der Waals surface area contributed by atoms with E-state index in [0.29, 0.717) is 25.9 Å². The minimum atomic E-state index is -3.17. The molecule has 1 spiro atoms. The van der Waals surface area contributed by atoms with E-state index >= 15 is 0 Å². The van der Waals surface area contributed by atoms with Gasteiger partial charge in [0.2, 0.25) is 5.91 Å². The van der Waals surface area contributed by atoms with E-state index in [2.05, 4.69) is 5.32 Å². The second-order valence-corrected chi connectivity index (χ2v) is 7.01. The van der Waals surface area contributed by atoms with Crippen molar-refractivity contribution in [3.63, 3.8) is 0 Å². The Morgan fingerprint density at radius 2 is 1.73 bits per heavy atom. The van der Waals surface area contributed by atoms with Crippen molar-refractivity contribution in [2.24, 2.45) is 0 Å². The first-order chi connectivity index (χ1) is 12.4. The number of halogens is 2. The standard InChI is InChI=1S/C20H18F2N2O2/c21-20(22,15-6-2-1-3-7-15)16-8-4-5-14(11-16)18(26)24-12-19(13-24)10-9-17(25)23-19/h1-8,11H,9-10,12-13H2,(H,23,25). The van der Waals surface area contributed by atoms with E-state index in [1.807, 2.05) is 0 Å². The molecule has 0 radical (unpaired) electrons. The van der Waals surface area contributed by atoms with Gasteiger partial charge in [0.15, 0.2) is 0 Å². The van der Waals surface area contributed by atoms with Gasteiger partial charge >= 0.3 is 0 Å². The molecule has 4 nitrogen and oxygen atoms in total. The first-order valence-electron chi connectivity index (χ1n) is 8.54. The van der Waals surface area contributed by atoms with Crippen LogP contribution in [0.4, 0.5) is 8.78 Å². The topological polar surface area (TPSA) is 49.4 Å². The molecule has 26 heavy (non-hydrogen) atoms. The van der Waals surface area contributed by atoms with Crippen LogP contribution in [-0.2, 0) is 10.7 Å². The third kappa shape index (κ3) is 2.75. The van der Waals surface area contributed by atoms with Gasteiger partial charge in [-0.2, -0.15) is 8.78 Å². The Labute approximate surface area is 149 Å². The van der Waals surface area contributed by atoms with Gasteiger partial charge < -0.3 is 10.2 Å². The van der Waals surface area contributed by atoms with Crippen LogP contribution >= 0.6 is 0 Å². The number of amides is 2. The number of alkyl halides is 2. The lowest BCUT2D eigenvalue weighted by Crippen LogP contribution is -2.68. The number of nitrogens with zero attached hydrogens (tertiary/aromatic N) is 1. The summed E-state index contributed by atoms with van der Waals surface area (Å²) in [5.74, 6) is -3.46. The molecule has 2 aromatic rings. The zero-order valence-corrected chi connectivity index (χ0v) is 14.0. The van der Waals surface area contributed by atoms with E-state index in [9.17, 15) is 18.4 Å². The first kappa shape index (κ1) is 16.7. The van der Waals surface area contributed by atoms with E-state index < -0.39 is 5.92 Å². The van der Waals surface area contributed by atoms with Crippen molar-refractivity contribution in [1.29, 1.82) is 0 Å². The fourth-order valence-electron chi connectivity index (χ4n) is 3.68. The molecular weight excluding hydrogens is 338 g/mol. The molecule has 6 heteroatoms. The molecule has 2 aliphatic heterocycles. The summed E-state index contributed by atoms with van der Waals surface area (Å²) in [6.45, 7) is 0.855. The van der Waals surface area contributed by atoms with Crippen LogP contribution < -0.4 is 5.32 Å². The molecule has 2 saturated heterocycles. The summed E-state index contributed by atoms with van der Waals surface area (Å²) in [6, 6.07) is 13.2. The Hall–Kier alpha value is -2.76. The van der Waals surface area contributed by atoms with Gasteiger partial charge in [0.05, 0.1) is 5.54 Å². The van der Waals surface area contributed by atoms with Crippen LogP contribution in [0.15, 0.2) is 54.6 Å². The van der Waals surface area contributed by atoms with Gasteiger partial charge in [0.25, 0.3) is 11.8 Å². The van der Waals surface area contributed by atoms with Gasteiger partial charge in [-0.3, -0.25) is 9.59 Å². The number of likely N-dealkylation sites (tertiary alicyclic amines) is 1. The maximum atomic E-state index is 14.7. The fraction of sp³-hybridized carbons (Fsp3) is 0.300. The smallest absolute Gasteiger partial charge is 0.298 e. The molecule has 2 aliphatic rings. The maximum absolute atomic E-state index is 14.7. The molecule has 2 aromatic carbocycles. The van der Waals surface area contributed by atoms with E-state index in [1.165, 1.54) is 30.3 Å². The fourth-order valence-corrected chi connectivity index (χ4v) is 3.68. The zero-order valence-electron chi connectivity index (χ0n) is 14.0. The van der Waals surface area contributed by atoms with Crippen LogP contribution in [0.25, 0.3) is 0 Å². The summed E-state index contributed by atoms with van der Waals surface area (Å²) in [5, 5.41) is 2.91. The van der Waals surface area contributed by atoms with Gasteiger partial charge in [0, 0.05) is 36.2 Å². The molecule has 2 heterocycles. The van der Waals surface area contributed by atoms with Crippen molar-refractivity contribution in [1.82, 2.24) is 10.2 Å². The van der Waals surface area contributed by atoms with Crippen molar-refractivity contribution in [3.8, 4) is 0 Å². The summed E-state index contributed by atoms with van der Waals surface area (Å²) in [7, 11) is 0. The Morgan fingerprint density at radius 3 is 2.38 bits per heavy atom. The molecule has 134 valence electrons. The van der Waals surface area contributed by atoms with Crippen molar-refractivity contribution in [3.05, 3.63) is 71.3 Å². The lowest BCUT2D eigenvalue weighted by Gasteiger charge is -2.47.